The molecule has 82 valence electrons. The van der Waals surface area contributed by atoms with Gasteiger partial charge in [0.2, 0.25) is 0 Å². The summed E-state index contributed by atoms with van der Waals surface area (Å²) in [7, 11) is 1.90. The molecule has 0 bridgehead atoms. The summed E-state index contributed by atoms with van der Waals surface area (Å²) in [6.07, 6.45) is 0. The highest BCUT2D eigenvalue weighted by Gasteiger charge is 2.64. The van der Waals surface area contributed by atoms with Gasteiger partial charge in [0.25, 0.3) is 5.92 Å². The standard InChI is InChI=1S/C10H18F2N2/c1-8(2)14-6-9(4-13(3)5-9)10(11,12)7-14/h8H,4-7H2,1-3H3. The molecule has 1 spiro atoms. The lowest BCUT2D eigenvalue weighted by Crippen LogP contribution is -2.63. The van der Waals surface area contributed by atoms with Gasteiger partial charge in [-0.25, -0.2) is 8.78 Å². The van der Waals surface area contributed by atoms with Crippen molar-refractivity contribution < 1.29 is 8.78 Å². The molecule has 2 nitrogen and oxygen atoms in total. The van der Waals surface area contributed by atoms with Crippen molar-refractivity contribution in [2.24, 2.45) is 5.41 Å². The van der Waals surface area contributed by atoms with Crippen molar-refractivity contribution in [2.45, 2.75) is 25.8 Å². The maximum atomic E-state index is 13.8. The summed E-state index contributed by atoms with van der Waals surface area (Å²) in [5, 5.41) is 0. The van der Waals surface area contributed by atoms with E-state index in [0.717, 1.165) is 0 Å². The fraction of sp³-hybridized carbons (Fsp3) is 1.00. The third kappa shape index (κ3) is 1.27. The lowest BCUT2D eigenvalue weighted by molar-refractivity contribution is -0.149. The Hall–Kier alpha value is -0.220. The van der Waals surface area contributed by atoms with Gasteiger partial charge < -0.3 is 4.90 Å². The molecule has 0 aromatic rings. The minimum absolute atomic E-state index is 0.0570. The molecule has 2 aliphatic heterocycles. The summed E-state index contributed by atoms with van der Waals surface area (Å²) in [5.41, 5.74) is -0.744. The van der Waals surface area contributed by atoms with Gasteiger partial charge in [0.05, 0.1) is 12.0 Å². The Bertz CT molecular complexity index is 234. The Morgan fingerprint density at radius 3 is 2.00 bits per heavy atom. The van der Waals surface area contributed by atoms with Gasteiger partial charge >= 0.3 is 0 Å². The molecule has 0 amide bonds. The lowest BCUT2D eigenvalue weighted by Gasteiger charge is -2.48. The van der Waals surface area contributed by atoms with Crippen molar-refractivity contribution in [3.63, 3.8) is 0 Å². The van der Waals surface area contributed by atoms with Crippen LogP contribution in [0.2, 0.25) is 0 Å². The van der Waals surface area contributed by atoms with E-state index in [2.05, 4.69) is 0 Å². The summed E-state index contributed by atoms with van der Waals surface area (Å²) in [4.78, 5) is 3.87. The van der Waals surface area contributed by atoms with Crippen LogP contribution in [0.4, 0.5) is 8.78 Å². The summed E-state index contributed by atoms with van der Waals surface area (Å²) >= 11 is 0. The number of hydrogen-bond donors (Lipinski definition) is 0. The topological polar surface area (TPSA) is 6.48 Å². The van der Waals surface area contributed by atoms with Gasteiger partial charge in [0, 0.05) is 25.7 Å². The first kappa shape index (κ1) is 10.3. The minimum Gasteiger partial charge on any atom is -0.305 e. The van der Waals surface area contributed by atoms with Gasteiger partial charge in [-0.15, -0.1) is 0 Å². The second-order valence-corrected chi connectivity index (χ2v) is 5.16. The van der Waals surface area contributed by atoms with Crippen LogP contribution < -0.4 is 0 Å². The van der Waals surface area contributed by atoms with Crippen molar-refractivity contribution in [3.8, 4) is 0 Å². The van der Waals surface area contributed by atoms with Crippen LogP contribution in [-0.4, -0.2) is 55.0 Å². The van der Waals surface area contributed by atoms with E-state index in [0.29, 0.717) is 19.6 Å². The zero-order chi connectivity index (χ0) is 10.6. The van der Waals surface area contributed by atoms with Crippen LogP contribution >= 0.6 is 0 Å². The van der Waals surface area contributed by atoms with Crippen molar-refractivity contribution in [1.82, 2.24) is 9.80 Å². The summed E-state index contributed by atoms with van der Waals surface area (Å²) < 4.78 is 27.5. The monoisotopic (exact) mass is 204 g/mol. The van der Waals surface area contributed by atoms with Crippen LogP contribution in [0.1, 0.15) is 13.8 Å². The smallest absolute Gasteiger partial charge is 0.269 e. The maximum Gasteiger partial charge on any atom is 0.269 e. The highest BCUT2D eigenvalue weighted by molar-refractivity contribution is 5.10. The van der Waals surface area contributed by atoms with Crippen molar-refractivity contribution >= 4 is 0 Å². The van der Waals surface area contributed by atoms with E-state index >= 15 is 0 Å². The van der Waals surface area contributed by atoms with E-state index in [4.69, 9.17) is 0 Å². The molecule has 0 saturated carbocycles. The maximum absolute atomic E-state index is 13.8. The zero-order valence-corrected chi connectivity index (χ0v) is 9.06. The molecule has 2 rings (SSSR count). The normalized spacial score (nSPS) is 31.3. The summed E-state index contributed by atoms with van der Waals surface area (Å²) in [6, 6.07) is 0.228. The van der Waals surface area contributed by atoms with E-state index in [1.807, 2.05) is 30.7 Å². The van der Waals surface area contributed by atoms with E-state index in [1.165, 1.54) is 0 Å². The number of hydrogen-bond acceptors (Lipinski definition) is 2. The largest absolute Gasteiger partial charge is 0.305 e. The van der Waals surface area contributed by atoms with E-state index in [1.54, 1.807) is 0 Å². The number of rotatable bonds is 1. The quantitative estimate of drug-likeness (QED) is 0.635. The van der Waals surface area contributed by atoms with Gasteiger partial charge in [0.15, 0.2) is 0 Å². The molecule has 0 aromatic heterocycles. The van der Waals surface area contributed by atoms with Crippen molar-refractivity contribution in [3.05, 3.63) is 0 Å². The van der Waals surface area contributed by atoms with Crippen LogP contribution in [0, 0.1) is 5.41 Å². The average Bonchev–Trinajstić information content (AvgIpc) is 2.23. The molecule has 0 aliphatic carbocycles. The highest BCUT2D eigenvalue weighted by Crippen LogP contribution is 2.49. The Kier molecular flexibility index (Phi) is 2.13. The van der Waals surface area contributed by atoms with Crippen LogP contribution in [0.15, 0.2) is 0 Å². The molecule has 0 aromatic carbocycles. The van der Waals surface area contributed by atoms with Gasteiger partial charge in [-0.05, 0) is 20.9 Å². The molecule has 0 atom stereocenters. The van der Waals surface area contributed by atoms with Gasteiger partial charge in [-0.1, -0.05) is 0 Å². The number of nitrogens with zero attached hydrogens (tertiary/aromatic N) is 2. The Balaban J connectivity index is 2.12. The number of likely N-dealkylation sites (tertiary alicyclic amines) is 2. The second-order valence-electron chi connectivity index (χ2n) is 5.16. The molecule has 14 heavy (non-hydrogen) atoms. The first-order valence-electron chi connectivity index (χ1n) is 5.17. The predicted octanol–water partition coefficient (Wildman–Crippen LogP) is 1.28. The molecule has 2 fully saturated rings. The van der Waals surface area contributed by atoms with Crippen LogP contribution in [-0.2, 0) is 0 Å². The first-order chi connectivity index (χ1) is 6.36. The van der Waals surface area contributed by atoms with Crippen molar-refractivity contribution in [1.29, 1.82) is 0 Å². The molecule has 2 heterocycles. The Labute approximate surface area is 83.9 Å². The Morgan fingerprint density at radius 2 is 1.64 bits per heavy atom. The van der Waals surface area contributed by atoms with Gasteiger partial charge in [0.1, 0.15) is 0 Å². The van der Waals surface area contributed by atoms with E-state index < -0.39 is 11.3 Å². The summed E-state index contributed by atoms with van der Waals surface area (Å²) in [6.45, 7) is 5.56. The van der Waals surface area contributed by atoms with Crippen LogP contribution in [0.25, 0.3) is 0 Å². The minimum atomic E-state index is -2.50. The zero-order valence-electron chi connectivity index (χ0n) is 9.06. The molecule has 4 heteroatoms. The van der Waals surface area contributed by atoms with Gasteiger partial charge in [-0.2, -0.15) is 0 Å². The molecule has 2 aliphatic rings. The van der Waals surface area contributed by atoms with Crippen LogP contribution in [0.5, 0.6) is 0 Å². The molecule has 0 radical (unpaired) electrons. The SMILES string of the molecule is CC(C)N1CC(F)(F)C2(CN(C)C2)C1. The molecule has 2 saturated heterocycles. The fourth-order valence-corrected chi connectivity index (χ4v) is 2.67. The first-order valence-corrected chi connectivity index (χ1v) is 5.17. The third-order valence-corrected chi connectivity index (χ3v) is 3.56. The van der Waals surface area contributed by atoms with E-state index in [9.17, 15) is 8.78 Å². The predicted molar refractivity (Wildman–Crippen MR) is 51.6 cm³/mol. The van der Waals surface area contributed by atoms with E-state index in [-0.39, 0.29) is 12.6 Å². The fourth-order valence-electron chi connectivity index (χ4n) is 2.67. The lowest BCUT2D eigenvalue weighted by atomic mass is 9.76. The highest BCUT2D eigenvalue weighted by atomic mass is 19.3. The number of halogens is 2. The third-order valence-electron chi connectivity index (χ3n) is 3.56. The average molecular weight is 204 g/mol. The van der Waals surface area contributed by atoms with Gasteiger partial charge in [-0.3, -0.25) is 4.90 Å². The molecule has 0 unspecified atom stereocenters. The molecule has 0 N–H and O–H groups in total. The Morgan fingerprint density at radius 1 is 1.07 bits per heavy atom. The molecular weight excluding hydrogens is 186 g/mol. The number of alkyl halides is 2. The second kappa shape index (κ2) is 2.89. The molecular formula is C10H18F2N2. The summed E-state index contributed by atoms with van der Waals surface area (Å²) in [5.74, 6) is -2.50. The van der Waals surface area contributed by atoms with Crippen LogP contribution in [0.3, 0.4) is 0 Å². The van der Waals surface area contributed by atoms with Crippen molar-refractivity contribution in [2.75, 3.05) is 33.2 Å².